The maximum Gasteiger partial charge on any atom is 0.261 e. The van der Waals surface area contributed by atoms with E-state index in [1.54, 1.807) is 31.3 Å². The third kappa shape index (κ3) is 4.28. The molecule has 0 bridgehead atoms. The van der Waals surface area contributed by atoms with Crippen molar-refractivity contribution in [2.24, 2.45) is 0 Å². The van der Waals surface area contributed by atoms with Gasteiger partial charge in [-0.15, -0.1) is 0 Å². The number of sulfone groups is 1. The van der Waals surface area contributed by atoms with E-state index < -0.39 is 15.7 Å². The Morgan fingerprint density at radius 1 is 1.03 bits per heavy atom. The molecule has 2 aromatic carbocycles. The van der Waals surface area contributed by atoms with Crippen LogP contribution in [0.4, 0.5) is 5.13 Å². The zero-order valence-electron chi connectivity index (χ0n) is 18.1. The van der Waals surface area contributed by atoms with Crippen LogP contribution < -0.4 is 4.90 Å². The van der Waals surface area contributed by atoms with Crippen LogP contribution in [0, 0.1) is 13.8 Å². The fourth-order valence-corrected chi connectivity index (χ4v) is 5.51. The van der Waals surface area contributed by atoms with Gasteiger partial charge < -0.3 is 0 Å². The highest BCUT2D eigenvalue weighted by Gasteiger charge is 2.27. The van der Waals surface area contributed by atoms with Crippen LogP contribution in [0.25, 0.3) is 10.2 Å². The van der Waals surface area contributed by atoms with Crippen LogP contribution in [0.15, 0.2) is 65.7 Å². The number of carbonyl (C=O) groups is 1. The van der Waals surface area contributed by atoms with Crippen LogP contribution >= 0.6 is 11.3 Å². The van der Waals surface area contributed by atoms with Crippen molar-refractivity contribution in [3.05, 3.63) is 83.2 Å². The number of fused-ring (bicyclic) bond motifs is 1. The minimum Gasteiger partial charge on any atom is -0.278 e. The molecule has 2 heterocycles. The summed E-state index contributed by atoms with van der Waals surface area (Å²) < 4.78 is 26.3. The molecule has 0 spiro atoms. The predicted molar refractivity (Wildman–Crippen MR) is 128 cm³/mol. The summed E-state index contributed by atoms with van der Waals surface area (Å²) in [6, 6.07) is 15.9. The second kappa shape index (κ2) is 8.80. The molecule has 0 radical (unpaired) electrons. The van der Waals surface area contributed by atoms with E-state index in [1.165, 1.54) is 22.3 Å². The number of hydrogen-bond acceptors (Lipinski definition) is 6. The van der Waals surface area contributed by atoms with E-state index >= 15 is 0 Å². The van der Waals surface area contributed by atoms with Crippen molar-refractivity contribution >= 4 is 42.4 Å². The first-order chi connectivity index (χ1) is 15.3. The van der Waals surface area contributed by atoms with Crippen molar-refractivity contribution in [1.82, 2.24) is 9.97 Å². The largest absolute Gasteiger partial charge is 0.278 e. The number of aromatic nitrogens is 2. The molecule has 0 aliphatic heterocycles. The highest BCUT2D eigenvalue weighted by molar-refractivity contribution is 7.91. The third-order valence-corrected chi connectivity index (χ3v) is 8.17. The standard InChI is InChI=1S/C24H23N3O3S2/c1-4-32(29,30)22-11-6-5-10-19(22)23(28)27(15-18-9-7-8-12-25-18)24-26-20-13-16(2)17(3)14-21(20)31-24/h5-14H,4,15H2,1-3H3. The summed E-state index contributed by atoms with van der Waals surface area (Å²) in [5.74, 6) is -0.507. The number of aryl methyl sites for hydroxylation is 2. The van der Waals surface area contributed by atoms with E-state index in [9.17, 15) is 13.2 Å². The van der Waals surface area contributed by atoms with Gasteiger partial charge in [-0.3, -0.25) is 14.7 Å². The van der Waals surface area contributed by atoms with Crippen molar-refractivity contribution in [1.29, 1.82) is 0 Å². The summed E-state index contributed by atoms with van der Waals surface area (Å²) in [6.45, 7) is 5.81. The molecule has 0 saturated heterocycles. The van der Waals surface area contributed by atoms with Crippen molar-refractivity contribution in [3.8, 4) is 0 Å². The van der Waals surface area contributed by atoms with Crippen LogP contribution in [0.5, 0.6) is 0 Å². The van der Waals surface area contributed by atoms with Gasteiger partial charge in [0.25, 0.3) is 5.91 Å². The molecule has 0 fully saturated rings. The van der Waals surface area contributed by atoms with E-state index in [-0.39, 0.29) is 22.8 Å². The Kier molecular flexibility index (Phi) is 6.08. The van der Waals surface area contributed by atoms with E-state index in [1.807, 2.05) is 38.1 Å². The van der Waals surface area contributed by atoms with Gasteiger partial charge in [-0.1, -0.05) is 36.5 Å². The van der Waals surface area contributed by atoms with Crippen LogP contribution in [0.3, 0.4) is 0 Å². The molecular weight excluding hydrogens is 442 g/mol. The fraction of sp³-hybridized carbons (Fsp3) is 0.208. The van der Waals surface area contributed by atoms with Gasteiger partial charge in [0, 0.05) is 6.20 Å². The smallest absolute Gasteiger partial charge is 0.261 e. The van der Waals surface area contributed by atoms with Crippen LogP contribution in [-0.4, -0.2) is 30.0 Å². The summed E-state index contributed by atoms with van der Waals surface area (Å²) in [6.07, 6.45) is 1.67. The minimum absolute atomic E-state index is 0.0336. The van der Waals surface area contributed by atoms with E-state index in [2.05, 4.69) is 11.1 Å². The number of hydrogen-bond donors (Lipinski definition) is 0. The van der Waals surface area contributed by atoms with Crippen LogP contribution in [-0.2, 0) is 16.4 Å². The Hall–Kier alpha value is -3.10. The Bertz CT molecular complexity index is 1360. The quantitative estimate of drug-likeness (QED) is 0.403. The number of amides is 1. The van der Waals surface area contributed by atoms with Gasteiger partial charge in [0.2, 0.25) is 0 Å². The van der Waals surface area contributed by atoms with Crippen molar-refractivity contribution in [2.75, 3.05) is 10.7 Å². The highest BCUT2D eigenvalue weighted by Crippen LogP contribution is 2.33. The summed E-state index contributed by atoms with van der Waals surface area (Å²) >= 11 is 1.41. The Balaban J connectivity index is 1.85. The minimum atomic E-state index is -3.58. The second-order valence-corrected chi connectivity index (χ2v) is 10.8. The number of anilines is 1. The molecule has 6 nitrogen and oxygen atoms in total. The topological polar surface area (TPSA) is 80.2 Å². The molecular formula is C24H23N3O3S2. The number of thiazole rings is 1. The number of benzene rings is 2. The lowest BCUT2D eigenvalue weighted by molar-refractivity contribution is 0.0981. The van der Waals surface area contributed by atoms with Gasteiger partial charge in [-0.05, 0) is 61.4 Å². The lowest BCUT2D eigenvalue weighted by Gasteiger charge is -2.21. The SMILES string of the molecule is CCS(=O)(=O)c1ccccc1C(=O)N(Cc1ccccn1)c1nc2cc(C)c(C)cc2s1. The van der Waals surface area contributed by atoms with Crippen LogP contribution in [0.1, 0.15) is 34.1 Å². The normalized spacial score (nSPS) is 11.6. The molecule has 0 saturated carbocycles. The first-order valence-electron chi connectivity index (χ1n) is 10.2. The monoisotopic (exact) mass is 465 g/mol. The van der Waals surface area contributed by atoms with Gasteiger partial charge in [-0.25, -0.2) is 13.4 Å². The first kappa shape index (κ1) is 22.1. The first-order valence-corrected chi connectivity index (χ1v) is 12.7. The molecule has 0 aliphatic carbocycles. The number of pyridine rings is 1. The highest BCUT2D eigenvalue weighted by atomic mass is 32.2. The van der Waals surface area contributed by atoms with Gasteiger partial charge >= 0.3 is 0 Å². The molecule has 8 heteroatoms. The predicted octanol–water partition coefficient (Wildman–Crippen LogP) is 4.95. The second-order valence-electron chi connectivity index (χ2n) is 7.51. The summed E-state index contributed by atoms with van der Waals surface area (Å²) in [5, 5.41) is 0.504. The lowest BCUT2D eigenvalue weighted by Crippen LogP contribution is -2.32. The third-order valence-electron chi connectivity index (χ3n) is 5.35. The molecule has 0 atom stereocenters. The lowest BCUT2D eigenvalue weighted by atomic mass is 10.1. The molecule has 164 valence electrons. The number of nitrogens with zero attached hydrogens (tertiary/aromatic N) is 3. The van der Waals surface area contributed by atoms with Crippen LogP contribution in [0.2, 0.25) is 0 Å². The molecule has 0 unspecified atom stereocenters. The number of rotatable bonds is 6. The van der Waals surface area contributed by atoms with E-state index in [0.717, 1.165) is 21.3 Å². The molecule has 1 amide bonds. The maximum atomic E-state index is 13.7. The summed E-state index contributed by atoms with van der Waals surface area (Å²) in [4.78, 5) is 24.4. The van der Waals surface area contributed by atoms with E-state index in [0.29, 0.717) is 10.8 Å². The molecule has 2 aromatic heterocycles. The maximum absolute atomic E-state index is 13.7. The molecule has 0 N–H and O–H groups in total. The average molecular weight is 466 g/mol. The zero-order chi connectivity index (χ0) is 22.9. The van der Waals surface area contributed by atoms with Crippen molar-refractivity contribution in [2.45, 2.75) is 32.2 Å². The average Bonchev–Trinajstić information content (AvgIpc) is 3.20. The Labute approximate surface area is 191 Å². The van der Waals surface area contributed by atoms with Gasteiger partial charge in [0.1, 0.15) is 0 Å². The molecule has 4 aromatic rings. The summed E-state index contributed by atoms with van der Waals surface area (Å²) in [5.41, 5.74) is 3.90. The van der Waals surface area contributed by atoms with Crippen molar-refractivity contribution < 1.29 is 13.2 Å². The molecule has 4 rings (SSSR count). The van der Waals surface area contributed by atoms with Crippen molar-refractivity contribution in [3.63, 3.8) is 0 Å². The molecule has 32 heavy (non-hydrogen) atoms. The van der Waals surface area contributed by atoms with E-state index in [4.69, 9.17) is 4.98 Å². The molecule has 0 aliphatic rings. The van der Waals surface area contributed by atoms with Gasteiger partial charge in [0.05, 0.1) is 38.7 Å². The van der Waals surface area contributed by atoms with Gasteiger partial charge in [0.15, 0.2) is 15.0 Å². The fourth-order valence-electron chi connectivity index (χ4n) is 3.38. The number of carbonyl (C=O) groups excluding carboxylic acids is 1. The zero-order valence-corrected chi connectivity index (χ0v) is 19.7. The Morgan fingerprint density at radius 2 is 1.75 bits per heavy atom. The Morgan fingerprint density at radius 3 is 2.47 bits per heavy atom. The van der Waals surface area contributed by atoms with Gasteiger partial charge in [-0.2, -0.15) is 0 Å². The summed E-state index contributed by atoms with van der Waals surface area (Å²) in [7, 11) is -3.58.